The van der Waals surface area contributed by atoms with Gasteiger partial charge in [-0.25, -0.2) is 0 Å². The van der Waals surface area contributed by atoms with Gasteiger partial charge in [-0.15, -0.1) is 0 Å². The van der Waals surface area contributed by atoms with Crippen molar-refractivity contribution in [1.82, 2.24) is 9.80 Å². The van der Waals surface area contributed by atoms with E-state index in [0.29, 0.717) is 10.9 Å². The Morgan fingerprint density at radius 3 is 2.56 bits per heavy atom. The van der Waals surface area contributed by atoms with Crippen LogP contribution in [0.5, 0.6) is 0 Å². The highest BCUT2D eigenvalue weighted by Crippen LogP contribution is 2.25. The van der Waals surface area contributed by atoms with Crippen LogP contribution < -0.4 is 0 Å². The maximum Gasteiger partial charge on any atom is 0.0829 e. The molecule has 0 aromatic carbocycles. The zero-order valence-corrected chi connectivity index (χ0v) is 13.4. The van der Waals surface area contributed by atoms with Gasteiger partial charge in [0.25, 0.3) is 0 Å². The number of likely N-dealkylation sites (N-methyl/N-ethyl adjacent to an activating group) is 1. The summed E-state index contributed by atoms with van der Waals surface area (Å²) >= 11 is 3.72. The number of ether oxygens (including phenoxy) is 1. The van der Waals surface area contributed by atoms with Crippen molar-refractivity contribution in [2.24, 2.45) is 5.92 Å². The molecule has 2 unspecified atom stereocenters. The average Bonchev–Trinajstić information content (AvgIpc) is 2.39. The number of morpholine rings is 1. The van der Waals surface area contributed by atoms with Gasteiger partial charge in [-0.1, -0.05) is 29.8 Å². The van der Waals surface area contributed by atoms with Crippen molar-refractivity contribution in [3.05, 3.63) is 0 Å². The van der Waals surface area contributed by atoms with Crippen molar-refractivity contribution in [3.63, 3.8) is 0 Å². The molecule has 0 spiro atoms. The fraction of sp³-hybridized carbons (Fsp3) is 1.00. The van der Waals surface area contributed by atoms with Crippen LogP contribution in [-0.4, -0.2) is 66.6 Å². The molecule has 2 heterocycles. The van der Waals surface area contributed by atoms with Gasteiger partial charge in [0.15, 0.2) is 0 Å². The van der Waals surface area contributed by atoms with Crippen molar-refractivity contribution < 1.29 is 4.74 Å². The first-order valence-corrected chi connectivity index (χ1v) is 8.31. The number of piperidine rings is 1. The summed E-state index contributed by atoms with van der Waals surface area (Å²) < 4.78 is 5.89. The van der Waals surface area contributed by atoms with E-state index in [1.807, 2.05) is 0 Å². The highest BCUT2D eigenvalue weighted by Gasteiger charge is 2.26. The summed E-state index contributed by atoms with van der Waals surface area (Å²) in [6.07, 6.45) is 3.09. The summed E-state index contributed by atoms with van der Waals surface area (Å²) in [5, 5.41) is 0. The van der Waals surface area contributed by atoms with Crippen LogP contribution in [0, 0.1) is 5.92 Å². The van der Waals surface area contributed by atoms with Crippen molar-refractivity contribution >= 4 is 15.9 Å². The smallest absolute Gasteiger partial charge is 0.0829 e. The number of hydrogen-bond donors (Lipinski definition) is 0. The highest BCUT2D eigenvalue weighted by atomic mass is 79.9. The van der Waals surface area contributed by atoms with Crippen molar-refractivity contribution in [2.75, 3.05) is 45.9 Å². The Labute approximate surface area is 120 Å². The lowest BCUT2D eigenvalue weighted by Gasteiger charge is -2.38. The molecule has 2 fully saturated rings. The molecule has 0 N–H and O–H groups in total. The normalized spacial score (nSPS) is 30.5. The fourth-order valence-corrected chi connectivity index (χ4v) is 3.59. The summed E-state index contributed by atoms with van der Waals surface area (Å²) in [5.41, 5.74) is 0. The molecule has 3 nitrogen and oxygen atoms in total. The lowest BCUT2D eigenvalue weighted by Crippen LogP contribution is -2.49. The van der Waals surface area contributed by atoms with Gasteiger partial charge in [0.1, 0.15) is 0 Å². The first-order chi connectivity index (χ1) is 8.69. The van der Waals surface area contributed by atoms with Gasteiger partial charge in [0.2, 0.25) is 0 Å². The van der Waals surface area contributed by atoms with E-state index in [4.69, 9.17) is 4.74 Å². The molecule has 18 heavy (non-hydrogen) atoms. The molecule has 2 aliphatic heterocycles. The molecule has 0 aromatic rings. The maximum absolute atomic E-state index is 5.89. The van der Waals surface area contributed by atoms with Gasteiger partial charge in [0, 0.05) is 24.5 Å². The van der Waals surface area contributed by atoms with Gasteiger partial charge >= 0.3 is 0 Å². The quantitative estimate of drug-likeness (QED) is 0.739. The predicted octanol–water partition coefficient (Wildman–Crippen LogP) is 2.20. The Hall–Kier alpha value is 0.360. The van der Waals surface area contributed by atoms with E-state index in [1.165, 1.54) is 25.9 Å². The minimum absolute atomic E-state index is 0.427. The van der Waals surface area contributed by atoms with Crippen LogP contribution in [0.15, 0.2) is 0 Å². The van der Waals surface area contributed by atoms with Crippen LogP contribution >= 0.6 is 15.9 Å². The molecule has 4 heteroatoms. The van der Waals surface area contributed by atoms with E-state index in [2.05, 4.69) is 39.6 Å². The SMILES string of the molecule is CCN1CCOC(CN2CCC(C(C)Br)CC2)C1. The van der Waals surface area contributed by atoms with Crippen LogP contribution in [-0.2, 0) is 4.74 Å². The Kier molecular flexibility index (Phi) is 5.93. The van der Waals surface area contributed by atoms with Crippen molar-refractivity contribution in [1.29, 1.82) is 0 Å². The maximum atomic E-state index is 5.89. The van der Waals surface area contributed by atoms with E-state index in [1.54, 1.807) is 0 Å². The van der Waals surface area contributed by atoms with E-state index in [0.717, 1.165) is 38.7 Å². The van der Waals surface area contributed by atoms with Crippen molar-refractivity contribution in [3.8, 4) is 0 Å². The molecule has 2 saturated heterocycles. The van der Waals surface area contributed by atoms with E-state index >= 15 is 0 Å². The monoisotopic (exact) mass is 318 g/mol. The molecule has 2 aliphatic rings. The minimum atomic E-state index is 0.427. The number of halogens is 1. The first-order valence-electron chi connectivity index (χ1n) is 7.39. The van der Waals surface area contributed by atoms with Gasteiger partial charge in [-0.3, -0.25) is 4.90 Å². The molecular formula is C14H27BrN2O. The standard InChI is InChI=1S/C14H27BrN2O/c1-3-16-8-9-18-14(10-16)11-17-6-4-13(5-7-17)12(2)15/h12-14H,3-11H2,1-2H3. The molecule has 0 aromatic heterocycles. The van der Waals surface area contributed by atoms with Crippen LogP contribution in [0.25, 0.3) is 0 Å². The highest BCUT2D eigenvalue weighted by molar-refractivity contribution is 9.09. The second kappa shape index (κ2) is 7.22. The summed E-state index contributed by atoms with van der Waals surface area (Å²) in [6, 6.07) is 0. The number of nitrogens with zero attached hydrogens (tertiary/aromatic N) is 2. The third kappa shape index (κ3) is 4.19. The Morgan fingerprint density at radius 2 is 1.94 bits per heavy atom. The molecule has 2 atom stereocenters. The molecule has 2 rings (SSSR count). The minimum Gasteiger partial charge on any atom is -0.374 e. The molecule has 0 amide bonds. The predicted molar refractivity (Wildman–Crippen MR) is 79.4 cm³/mol. The largest absolute Gasteiger partial charge is 0.374 e. The van der Waals surface area contributed by atoms with Crippen LogP contribution in [0.3, 0.4) is 0 Å². The van der Waals surface area contributed by atoms with E-state index in [-0.39, 0.29) is 0 Å². The topological polar surface area (TPSA) is 15.7 Å². The van der Waals surface area contributed by atoms with Crippen molar-refractivity contribution in [2.45, 2.75) is 37.6 Å². The third-order valence-corrected chi connectivity index (χ3v) is 5.16. The number of alkyl halides is 1. The van der Waals surface area contributed by atoms with E-state index in [9.17, 15) is 0 Å². The molecule has 0 saturated carbocycles. The number of hydrogen-bond acceptors (Lipinski definition) is 3. The molecule has 0 aliphatic carbocycles. The van der Waals surface area contributed by atoms with Crippen LogP contribution in [0.1, 0.15) is 26.7 Å². The fourth-order valence-electron chi connectivity index (χ4n) is 3.06. The Bertz CT molecular complexity index is 242. The second-order valence-electron chi connectivity index (χ2n) is 5.70. The zero-order chi connectivity index (χ0) is 13.0. The average molecular weight is 319 g/mol. The summed E-state index contributed by atoms with van der Waals surface area (Å²) in [4.78, 5) is 5.76. The molecular weight excluding hydrogens is 292 g/mol. The Balaban J connectivity index is 1.71. The third-order valence-electron chi connectivity index (χ3n) is 4.41. The molecule has 0 radical (unpaired) electrons. The van der Waals surface area contributed by atoms with Gasteiger partial charge in [-0.05, 0) is 38.4 Å². The summed E-state index contributed by atoms with van der Waals surface area (Å²) in [7, 11) is 0. The molecule has 0 bridgehead atoms. The lowest BCUT2D eigenvalue weighted by molar-refractivity contribution is -0.0452. The summed E-state index contributed by atoms with van der Waals surface area (Å²) in [5.74, 6) is 0.862. The number of rotatable bonds is 4. The van der Waals surface area contributed by atoms with Gasteiger partial charge in [0.05, 0.1) is 12.7 Å². The van der Waals surface area contributed by atoms with E-state index < -0.39 is 0 Å². The molecule has 106 valence electrons. The second-order valence-corrected chi connectivity index (χ2v) is 7.15. The zero-order valence-electron chi connectivity index (χ0n) is 11.8. The lowest BCUT2D eigenvalue weighted by atomic mass is 9.94. The summed E-state index contributed by atoms with van der Waals surface area (Å²) in [6.45, 7) is 12.4. The number of likely N-dealkylation sites (tertiary alicyclic amines) is 1. The Morgan fingerprint density at radius 1 is 1.22 bits per heavy atom. The first kappa shape index (κ1) is 14.8. The van der Waals surface area contributed by atoms with Gasteiger partial charge < -0.3 is 9.64 Å². The van der Waals surface area contributed by atoms with Gasteiger partial charge in [-0.2, -0.15) is 0 Å². The van der Waals surface area contributed by atoms with Crippen LogP contribution in [0.4, 0.5) is 0 Å². The van der Waals surface area contributed by atoms with Crippen LogP contribution in [0.2, 0.25) is 0 Å².